The summed E-state index contributed by atoms with van der Waals surface area (Å²) in [5.41, 5.74) is 2.07. The Morgan fingerprint density at radius 1 is 1.43 bits per heavy atom. The second kappa shape index (κ2) is 6.88. The number of nitrogens with zero attached hydrogens (tertiary/aromatic N) is 2. The van der Waals surface area contributed by atoms with E-state index < -0.39 is 18.2 Å². The highest BCUT2D eigenvalue weighted by atomic mass is 19.4. The normalized spacial score (nSPS) is 18.9. The van der Waals surface area contributed by atoms with Crippen molar-refractivity contribution in [2.75, 3.05) is 25.0 Å². The molecule has 2 rings (SSSR count). The number of aliphatic hydroxyl groups is 1. The van der Waals surface area contributed by atoms with Crippen molar-refractivity contribution in [2.24, 2.45) is 5.92 Å². The molecule has 23 heavy (non-hydrogen) atoms. The van der Waals surface area contributed by atoms with E-state index in [9.17, 15) is 23.1 Å². The summed E-state index contributed by atoms with van der Waals surface area (Å²) in [5, 5.41) is 18.8. The second-order valence-corrected chi connectivity index (χ2v) is 5.96. The maximum absolute atomic E-state index is 12.5. The average molecular weight is 334 g/mol. The third-order valence-electron chi connectivity index (χ3n) is 4.17. The Hall–Kier alpha value is -1.61. The van der Waals surface area contributed by atoms with E-state index in [0.717, 1.165) is 5.69 Å². The number of aryl methyl sites for hydroxylation is 2. The number of aromatic nitrogens is 2. The maximum Gasteiger partial charge on any atom is 0.414 e. The van der Waals surface area contributed by atoms with Gasteiger partial charge >= 0.3 is 6.18 Å². The Morgan fingerprint density at radius 3 is 2.52 bits per heavy atom. The lowest BCUT2D eigenvalue weighted by atomic mass is 9.91. The predicted molar refractivity (Wildman–Crippen MR) is 77.9 cm³/mol. The molecule has 1 aliphatic rings. The molecular formula is C14H21F3N4O2. The minimum Gasteiger partial charge on any atom is -0.383 e. The Labute approximate surface area is 132 Å². The van der Waals surface area contributed by atoms with E-state index in [1.165, 1.54) is 0 Å². The molecule has 1 aromatic rings. The van der Waals surface area contributed by atoms with Gasteiger partial charge in [0, 0.05) is 0 Å². The van der Waals surface area contributed by atoms with Gasteiger partial charge in [0.05, 0.1) is 23.6 Å². The van der Waals surface area contributed by atoms with Crippen LogP contribution in [0.25, 0.3) is 0 Å². The number of carbonyl (C=O) groups is 1. The number of aliphatic hydroxyl groups excluding tert-OH is 1. The van der Waals surface area contributed by atoms with Crippen molar-refractivity contribution in [3.8, 4) is 0 Å². The number of H-pyrrole nitrogens is 1. The number of piperidine rings is 1. The van der Waals surface area contributed by atoms with Crippen molar-refractivity contribution in [3.63, 3.8) is 0 Å². The van der Waals surface area contributed by atoms with E-state index >= 15 is 0 Å². The molecule has 1 unspecified atom stereocenters. The van der Waals surface area contributed by atoms with Crippen molar-refractivity contribution >= 4 is 11.6 Å². The van der Waals surface area contributed by atoms with E-state index in [4.69, 9.17) is 0 Å². The summed E-state index contributed by atoms with van der Waals surface area (Å²) < 4.78 is 37.5. The molecule has 0 aliphatic carbocycles. The first kappa shape index (κ1) is 17.7. The molecule has 130 valence electrons. The Bertz CT molecular complexity index is 531. The first-order chi connectivity index (χ1) is 10.7. The van der Waals surface area contributed by atoms with Crippen LogP contribution in [-0.4, -0.2) is 58.0 Å². The van der Waals surface area contributed by atoms with Crippen LogP contribution in [0.3, 0.4) is 0 Å². The molecule has 1 fully saturated rings. The molecule has 0 bridgehead atoms. The van der Waals surface area contributed by atoms with Gasteiger partial charge in [-0.1, -0.05) is 0 Å². The number of amides is 1. The van der Waals surface area contributed by atoms with Gasteiger partial charge in [0.2, 0.25) is 5.91 Å². The Balaban J connectivity index is 1.81. The van der Waals surface area contributed by atoms with Crippen molar-refractivity contribution in [3.05, 3.63) is 11.4 Å². The lowest BCUT2D eigenvalue weighted by Crippen LogP contribution is -2.45. The monoisotopic (exact) mass is 334 g/mol. The summed E-state index contributed by atoms with van der Waals surface area (Å²) in [6.45, 7) is 4.38. The predicted octanol–water partition coefficient (Wildman–Crippen LogP) is 1.60. The fourth-order valence-electron chi connectivity index (χ4n) is 2.81. The van der Waals surface area contributed by atoms with Crippen LogP contribution in [0.15, 0.2) is 0 Å². The van der Waals surface area contributed by atoms with E-state index in [2.05, 4.69) is 15.5 Å². The van der Waals surface area contributed by atoms with Crippen LogP contribution in [0.5, 0.6) is 0 Å². The number of rotatable bonds is 4. The van der Waals surface area contributed by atoms with Gasteiger partial charge < -0.3 is 10.4 Å². The number of likely N-dealkylation sites (tertiary alicyclic amines) is 1. The lowest BCUT2D eigenvalue weighted by molar-refractivity contribution is -0.223. The second-order valence-electron chi connectivity index (χ2n) is 5.96. The third kappa shape index (κ3) is 4.44. The van der Waals surface area contributed by atoms with E-state index in [1.807, 2.05) is 0 Å². The van der Waals surface area contributed by atoms with Gasteiger partial charge in [-0.2, -0.15) is 18.3 Å². The highest BCUT2D eigenvalue weighted by Gasteiger charge is 2.44. The lowest BCUT2D eigenvalue weighted by Gasteiger charge is -2.34. The van der Waals surface area contributed by atoms with Gasteiger partial charge in [-0.15, -0.1) is 0 Å². The number of aromatic amines is 1. The highest BCUT2D eigenvalue weighted by molar-refractivity contribution is 5.93. The largest absolute Gasteiger partial charge is 0.414 e. The van der Waals surface area contributed by atoms with Gasteiger partial charge in [-0.05, 0) is 45.7 Å². The average Bonchev–Trinajstić information content (AvgIpc) is 2.78. The minimum absolute atomic E-state index is 0.110. The zero-order valence-corrected chi connectivity index (χ0v) is 13.1. The van der Waals surface area contributed by atoms with Gasteiger partial charge in [0.1, 0.15) is 0 Å². The molecule has 1 amide bonds. The van der Waals surface area contributed by atoms with Crippen molar-refractivity contribution in [1.82, 2.24) is 15.1 Å². The van der Waals surface area contributed by atoms with Crippen LogP contribution < -0.4 is 5.32 Å². The van der Waals surface area contributed by atoms with Gasteiger partial charge in [0.25, 0.3) is 0 Å². The molecule has 6 nitrogen and oxygen atoms in total. The summed E-state index contributed by atoms with van der Waals surface area (Å²) >= 11 is 0. The standard InChI is InChI=1S/C14H21F3N4O2/c1-8-12(9(2)20-19-8)18-11(22)7-21-5-3-10(4-6-21)13(23)14(15,16)17/h10,13,23H,3-7H2,1-2H3,(H,18,22)(H,19,20). The van der Waals surface area contributed by atoms with E-state index in [0.29, 0.717) is 24.5 Å². The van der Waals surface area contributed by atoms with Gasteiger partial charge in [0.15, 0.2) is 6.10 Å². The van der Waals surface area contributed by atoms with Crippen LogP contribution >= 0.6 is 0 Å². The van der Waals surface area contributed by atoms with Crippen molar-refractivity contribution < 1.29 is 23.1 Å². The molecule has 0 spiro atoms. The van der Waals surface area contributed by atoms with E-state index in [-0.39, 0.29) is 25.3 Å². The molecule has 1 aromatic heterocycles. The molecule has 9 heteroatoms. The SMILES string of the molecule is Cc1n[nH]c(C)c1NC(=O)CN1CCC(C(O)C(F)(F)F)CC1. The zero-order valence-electron chi connectivity index (χ0n) is 13.1. The Morgan fingerprint density at radius 2 is 2.04 bits per heavy atom. The van der Waals surface area contributed by atoms with Crippen LogP contribution in [0, 0.1) is 19.8 Å². The van der Waals surface area contributed by atoms with Gasteiger partial charge in [-0.25, -0.2) is 0 Å². The maximum atomic E-state index is 12.5. The number of halogens is 3. The van der Waals surface area contributed by atoms with Crippen molar-refractivity contribution in [1.29, 1.82) is 0 Å². The fraction of sp³-hybridized carbons (Fsp3) is 0.714. The Kier molecular flexibility index (Phi) is 5.30. The first-order valence-corrected chi connectivity index (χ1v) is 7.47. The quantitative estimate of drug-likeness (QED) is 0.781. The molecule has 3 N–H and O–H groups in total. The highest BCUT2D eigenvalue weighted by Crippen LogP contribution is 2.31. The number of hydrogen-bond acceptors (Lipinski definition) is 4. The smallest absolute Gasteiger partial charge is 0.383 e. The molecule has 1 atom stereocenters. The minimum atomic E-state index is -4.58. The molecule has 1 aliphatic heterocycles. The molecule has 2 heterocycles. The number of nitrogens with one attached hydrogen (secondary N) is 2. The number of alkyl halides is 3. The first-order valence-electron chi connectivity index (χ1n) is 7.47. The molecule has 0 saturated carbocycles. The summed E-state index contributed by atoms with van der Waals surface area (Å²) in [6, 6.07) is 0. The van der Waals surface area contributed by atoms with E-state index in [1.54, 1.807) is 18.7 Å². The van der Waals surface area contributed by atoms with Crippen molar-refractivity contribution in [2.45, 2.75) is 39.0 Å². The molecule has 1 saturated heterocycles. The van der Waals surface area contributed by atoms with Crippen LogP contribution in [0.2, 0.25) is 0 Å². The van der Waals surface area contributed by atoms with Crippen LogP contribution in [0.1, 0.15) is 24.2 Å². The number of hydrogen-bond donors (Lipinski definition) is 3. The molecule has 0 radical (unpaired) electrons. The number of anilines is 1. The fourth-order valence-corrected chi connectivity index (χ4v) is 2.81. The summed E-state index contributed by atoms with van der Waals surface area (Å²) in [4.78, 5) is 13.8. The zero-order chi connectivity index (χ0) is 17.2. The van der Waals surface area contributed by atoms with Crippen LogP contribution in [-0.2, 0) is 4.79 Å². The number of carbonyl (C=O) groups excluding carboxylic acids is 1. The summed E-state index contributed by atoms with van der Waals surface area (Å²) in [5.74, 6) is -1.03. The van der Waals surface area contributed by atoms with Crippen LogP contribution in [0.4, 0.5) is 18.9 Å². The molecule has 0 aromatic carbocycles. The molecular weight excluding hydrogens is 313 g/mol. The summed E-state index contributed by atoms with van der Waals surface area (Å²) in [7, 11) is 0. The third-order valence-corrected chi connectivity index (χ3v) is 4.17. The topological polar surface area (TPSA) is 81.2 Å². The van der Waals surface area contributed by atoms with Gasteiger partial charge in [-0.3, -0.25) is 14.8 Å². The summed E-state index contributed by atoms with van der Waals surface area (Å²) in [6.07, 6.45) is -6.43.